The predicted molar refractivity (Wildman–Crippen MR) is 245 cm³/mol. The zero-order valence-electron chi connectivity index (χ0n) is 32.2. The minimum atomic E-state index is -0.127. The molecule has 0 spiro atoms. The summed E-state index contributed by atoms with van der Waals surface area (Å²) < 4.78 is 9.44. The third-order valence-electron chi connectivity index (χ3n) is 12.5. The standard InChI is InChI=1S/C55H37NOS/c1-55(2)46-19-8-6-14-39(46)40-29-27-38(33-47(40)55)56(49-20-11-17-44-42-15-7-9-21-52(42)58-54(44)49)48-30-31-50-53-43(16-10-18-45(48)53)41-28-26-37(32-51(41)57-50)36-24-22-35(23-25-36)34-12-4-3-5-13-34/h3-33H,1-2H3. The van der Waals surface area contributed by atoms with Crippen LogP contribution < -0.4 is 9.64 Å². The van der Waals surface area contributed by atoms with Crippen molar-refractivity contribution in [3.8, 4) is 56.0 Å². The van der Waals surface area contributed by atoms with Crippen LogP contribution in [-0.4, -0.2) is 0 Å². The van der Waals surface area contributed by atoms with Crippen LogP contribution in [0.15, 0.2) is 188 Å². The van der Waals surface area contributed by atoms with Gasteiger partial charge < -0.3 is 9.64 Å². The van der Waals surface area contributed by atoms with Gasteiger partial charge in [0.25, 0.3) is 0 Å². The molecule has 1 aliphatic heterocycles. The average molecular weight is 760 g/mol. The van der Waals surface area contributed by atoms with Gasteiger partial charge >= 0.3 is 0 Å². The van der Waals surface area contributed by atoms with Crippen LogP contribution in [0.3, 0.4) is 0 Å². The van der Waals surface area contributed by atoms with Gasteiger partial charge in [-0.3, -0.25) is 0 Å². The lowest BCUT2D eigenvalue weighted by Gasteiger charge is -2.31. The van der Waals surface area contributed by atoms with Crippen LogP contribution in [0.1, 0.15) is 25.0 Å². The first-order valence-electron chi connectivity index (χ1n) is 20.0. The number of anilines is 3. The largest absolute Gasteiger partial charge is 0.456 e. The van der Waals surface area contributed by atoms with Crippen molar-refractivity contribution in [2.75, 3.05) is 4.90 Å². The molecule has 0 N–H and O–H groups in total. The lowest BCUT2D eigenvalue weighted by atomic mass is 9.82. The van der Waals surface area contributed by atoms with E-state index in [2.05, 4.69) is 207 Å². The minimum Gasteiger partial charge on any atom is -0.456 e. The summed E-state index contributed by atoms with van der Waals surface area (Å²) in [6, 6.07) is 68.7. The summed E-state index contributed by atoms with van der Waals surface area (Å²) in [6.45, 7) is 4.72. The fourth-order valence-corrected chi connectivity index (χ4v) is 10.8. The van der Waals surface area contributed by atoms with Crippen molar-refractivity contribution in [1.82, 2.24) is 0 Å². The summed E-state index contributed by atoms with van der Waals surface area (Å²) in [5.74, 6) is 1.76. The summed E-state index contributed by atoms with van der Waals surface area (Å²) in [6.07, 6.45) is 0. The molecule has 0 saturated heterocycles. The van der Waals surface area contributed by atoms with Crippen molar-refractivity contribution in [3.05, 3.63) is 199 Å². The third-order valence-corrected chi connectivity index (χ3v) is 13.7. The maximum Gasteiger partial charge on any atom is 0.136 e. The number of fused-ring (bicyclic) bond motifs is 8. The Kier molecular flexibility index (Phi) is 7.18. The quantitative estimate of drug-likeness (QED) is 0.173. The fourth-order valence-electron chi connectivity index (χ4n) is 9.62. The Labute approximate surface area is 341 Å². The molecule has 1 aromatic heterocycles. The average Bonchev–Trinajstić information content (AvgIpc) is 3.77. The van der Waals surface area contributed by atoms with E-state index >= 15 is 0 Å². The summed E-state index contributed by atoms with van der Waals surface area (Å²) in [4.78, 5) is 2.50. The van der Waals surface area contributed by atoms with E-state index in [-0.39, 0.29) is 5.41 Å². The van der Waals surface area contributed by atoms with Gasteiger partial charge in [-0.2, -0.15) is 0 Å². The highest BCUT2D eigenvalue weighted by atomic mass is 32.1. The highest BCUT2D eigenvalue weighted by Crippen LogP contribution is 2.55. The van der Waals surface area contributed by atoms with Crippen molar-refractivity contribution < 1.29 is 4.74 Å². The van der Waals surface area contributed by atoms with Gasteiger partial charge in [0.1, 0.15) is 11.5 Å². The van der Waals surface area contributed by atoms with Crippen LogP contribution in [0, 0.1) is 0 Å². The van der Waals surface area contributed by atoms with Crippen molar-refractivity contribution >= 4 is 59.3 Å². The molecule has 10 aromatic rings. The second-order valence-electron chi connectivity index (χ2n) is 16.1. The van der Waals surface area contributed by atoms with Crippen molar-refractivity contribution in [2.24, 2.45) is 0 Å². The van der Waals surface area contributed by atoms with Gasteiger partial charge in [0.2, 0.25) is 0 Å². The lowest BCUT2D eigenvalue weighted by Crippen LogP contribution is -2.16. The Balaban J connectivity index is 1.03. The first-order valence-corrected chi connectivity index (χ1v) is 20.8. The van der Waals surface area contributed by atoms with Crippen LogP contribution in [0.2, 0.25) is 0 Å². The molecule has 0 fully saturated rings. The van der Waals surface area contributed by atoms with Crippen LogP contribution in [0.25, 0.3) is 75.5 Å². The van der Waals surface area contributed by atoms with Gasteiger partial charge in [0.15, 0.2) is 0 Å². The SMILES string of the molecule is CC1(C)c2ccccc2-c2ccc(N(c3ccc4c5c(cccc35)-c3ccc(-c5ccc(-c6ccccc6)cc5)cc3O4)c3cccc4c3sc3ccccc34)cc21. The second kappa shape index (κ2) is 12.5. The monoisotopic (exact) mass is 759 g/mol. The van der Waals surface area contributed by atoms with Gasteiger partial charge in [-0.05, 0) is 98.6 Å². The van der Waals surface area contributed by atoms with Crippen LogP contribution in [-0.2, 0) is 5.41 Å². The van der Waals surface area contributed by atoms with E-state index in [0.717, 1.165) is 50.3 Å². The van der Waals surface area contributed by atoms with Gasteiger partial charge in [-0.1, -0.05) is 153 Å². The molecule has 1 aliphatic carbocycles. The molecule has 0 bridgehead atoms. The highest BCUT2D eigenvalue weighted by molar-refractivity contribution is 7.26. The molecule has 0 radical (unpaired) electrons. The molecule has 2 aliphatic rings. The first kappa shape index (κ1) is 33.2. The van der Waals surface area contributed by atoms with Crippen molar-refractivity contribution in [1.29, 1.82) is 0 Å². The molecule has 0 unspecified atom stereocenters. The van der Waals surface area contributed by atoms with Gasteiger partial charge in [-0.25, -0.2) is 0 Å². The molecular weight excluding hydrogens is 723 g/mol. The summed E-state index contributed by atoms with van der Waals surface area (Å²) in [7, 11) is 0. The molecule has 0 saturated carbocycles. The van der Waals surface area contributed by atoms with Gasteiger partial charge in [-0.15, -0.1) is 11.3 Å². The molecule has 58 heavy (non-hydrogen) atoms. The second-order valence-corrected chi connectivity index (χ2v) is 17.1. The zero-order chi connectivity index (χ0) is 38.5. The maximum atomic E-state index is 6.87. The van der Waals surface area contributed by atoms with E-state index in [1.807, 2.05) is 11.3 Å². The number of hydrogen-bond donors (Lipinski definition) is 0. The van der Waals surface area contributed by atoms with Crippen molar-refractivity contribution in [2.45, 2.75) is 19.3 Å². The third kappa shape index (κ3) is 4.90. The predicted octanol–water partition coefficient (Wildman–Crippen LogP) is 16.1. The van der Waals surface area contributed by atoms with E-state index < -0.39 is 0 Å². The van der Waals surface area contributed by atoms with Crippen LogP contribution >= 0.6 is 11.3 Å². The Morgan fingerprint density at radius 2 is 1.09 bits per heavy atom. The molecule has 2 nitrogen and oxygen atoms in total. The lowest BCUT2D eigenvalue weighted by molar-refractivity contribution is 0.487. The van der Waals surface area contributed by atoms with E-state index in [0.29, 0.717) is 0 Å². The number of ether oxygens (including phenoxy) is 1. The van der Waals surface area contributed by atoms with E-state index in [1.54, 1.807) is 0 Å². The first-order chi connectivity index (χ1) is 28.5. The van der Waals surface area contributed by atoms with Crippen LogP contribution in [0.5, 0.6) is 11.5 Å². The number of thiophene rings is 1. The smallest absolute Gasteiger partial charge is 0.136 e. The molecule has 9 aromatic carbocycles. The Morgan fingerprint density at radius 3 is 1.97 bits per heavy atom. The molecule has 274 valence electrons. The molecule has 0 amide bonds. The zero-order valence-corrected chi connectivity index (χ0v) is 33.0. The normalized spacial score (nSPS) is 13.3. The Morgan fingerprint density at radius 1 is 0.431 bits per heavy atom. The Bertz CT molecular complexity index is 3280. The number of rotatable bonds is 5. The van der Waals surface area contributed by atoms with Gasteiger partial charge in [0.05, 0.1) is 16.1 Å². The Hall–Kier alpha value is -6.94. The topological polar surface area (TPSA) is 12.5 Å². The van der Waals surface area contributed by atoms with E-state index in [4.69, 9.17) is 4.74 Å². The number of nitrogens with zero attached hydrogens (tertiary/aromatic N) is 1. The molecule has 3 heteroatoms. The molecule has 0 atom stereocenters. The summed E-state index contributed by atoms with van der Waals surface area (Å²) in [5, 5.41) is 4.86. The van der Waals surface area contributed by atoms with E-state index in [9.17, 15) is 0 Å². The maximum absolute atomic E-state index is 6.87. The van der Waals surface area contributed by atoms with Crippen molar-refractivity contribution in [3.63, 3.8) is 0 Å². The van der Waals surface area contributed by atoms with E-state index in [1.165, 1.54) is 64.8 Å². The van der Waals surface area contributed by atoms with Gasteiger partial charge in [0, 0.05) is 42.9 Å². The van der Waals surface area contributed by atoms with Crippen LogP contribution in [0.4, 0.5) is 17.1 Å². The number of benzene rings is 9. The molecule has 2 heterocycles. The summed E-state index contributed by atoms with van der Waals surface area (Å²) >= 11 is 1.87. The molecular formula is C55H37NOS. The highest BCUT2D eigenvalue weighted by Gasteiger charge is 2.36. The summed E-state index contributed by atoms with van der Waals surface area (Å²) in [5.41, 5.74) is 15.7. The fraction of sp³-hybridized carbons (Fsp3) is 0.0545. The molecule has 12 rings (SSSR count). The number of hydrogen-bond acceptors (Lipinski definition) is 3. The minimum absolute atomic E-state index is 0.127.